The number of rotatable bonds is 1. The minimum absolute atomic E-state index is 0.139. The molecule has 0 radical (unpaired) electrons. The second-order valence-corrected chi connectivity index (χ2v) is 4.04. The van der Waals surface area contributed by atoms with Gasteiger partial charge >= 0.3 is 5.63 Å². The summed E-state index contributed by atoms with van der Waals surface area (Å²) in [5.74, 6) is 0.440. The van der Waals surface area contributed by atoms with Gasteiger partial charge in [0, 0.05) is 5.56 Å². The van der Waals surface area contributed by atoms with Gasteiger partial charge in [0.15, 0.2) is 0 Å². The highest BCUT2D eigenvalue weighted by Crippen LogP contribution is 2.29. The second kappa shape index (κ2) is 4.45. The molecule has 1 heterocycles. The Kier molecular flexibility index (Phi) is 3.02. The molecule has 2 heteroatoms. The molecule has 1 saturated carbocycles. The molecule has 14 heavy (non-hydrogen) atoms. The predicted molar refractivity (Wildman–Crippen MR) is 55.4 cm³/mol. The quantitative estimate of drug-likeness (QED) is 0.640. The minimum Gasteiger partial charge on any atom is -0.431 e. The van der Waals surface area contributed by atoms with E-state index in [2.05, 4.69) is 0 Å². The Morgan fingerprint density at radius 1 is 1.14 bits per heavy atom. The van der Waals surface area contributed by atoms with Crippen LogP contribution in [0.3, 0.4) is 0 Å². The fourth-order valence-corrected chi connectivity index (χ4v) is 2.27. The molecule has 1 aliphatic rings. The van der Waals surface area contributed by atoms with E-state index in [1.807, 2.05) is 12.1 Å². The van der Waals surface area contributed by atoms with E-state index >= 15 is 0 Å². The fraction of sp³-hybridized carbons (Fsp3) is 0.583. The van der Waals surface area contributed by atoms with E-state index in [1.165, 1.54) is 31.9 Å². The SMILES string of the molecule is O=c1occcc1C1CCCCCC1. The van der Waals surface area contributed by atoms with Gasteiger partial charge in [-0.2, -0.15) is 0 Å². The van der Waals surface area contributed by atoms with Gasteiger partial charge in [0.2, 0.25) is 0 Å². The summed E-state index contributed by atoms with van der Waals surface area (Å²) in [4.78, 5) is 11.5. The molecule has 2 nitrogen and oxygen atoms in total. The van der Waals surface area contributed by atoms with Crippen molar-refractivity contribution in [2.24, 2.45) is 0 Å². The van der Waals surface area contributed by atoms with Crippen LogP contribution in [0.15, 0.2) is 27.6 Å². The minimum atomic E-state index is -0.139. The first-order chi connectivity index (χ1) is 6.88. The highest BCUT2D eigenvalue weighted by Gasteiger charge is 2.17. The molecule has 76 valence electrons. The Labute approximate surface area is 83.9 Å². The molecular weight excluding hydrogens is 176 g/mol. The van der Waals surface area contributed by atoms with Crippen molar-refractivity contribution in [3.05, 3.63) is 34.4 Å². The van der Waals surface area contributed by atoms with Crippen molar-refractivity contribution in [3.63, 3.8) is 0 Å². The van der Waals surface area contributed by atoms with E-state index in [9.17, 15) is 4.79 Å². The monoisotopic (exact) mass is 192 g/mol. The third-order valence-corrected chi connectivity index (χ3v) is 3.06. The summed E-state index contributed by atoms with van der Waals surface area (Å²) in [5.41, 5.74) is 0.744. The first kappa shape index (κ1) is 9.50. The van der Waals surface area contributed by atoms with Crippen LogP contribution in [0, 0.1) is 0 Å². The Hall–Kier alpha value is -1.05. The lowest BCUT2D eigenvalue weighted by molar-refractivity contribution is 0.479. The van der Waals surface area contributed by atoms with Gasteiger partial charge in [-0.15, -0.1) is 0 Å². The maximum absolute atomic E-state index is 11.5. The smallest absolute Gasteiger partial charge is 0.339 e. The average Bonchev–Trinajstić information content (AvgIpc) is 2.47. The predicted octanol–water partition coefficient (Wildman–Crippen LogP) is 3.08. The lowest BCUT2D eigenvalue weighted by Crippen LogP contribution is -2.11. The van der Waals surface area contributed by atoms with Crippen molar-refractivity contribution in [2.45, 2.75) is 44.4 Å². The van der Waals surface area contributed by atoms with Gasteiger partial charge in [-0.25, -0.2) is 4.79 Å². The molecule has 0 unspecified atom stereocenters. The van der Waals surface area contributed by atoms with Crippen LogP contribution < -0.4 is 5.63 Å². The summed E-state index contributed by atoms with van der Waals surface area (Å²) in [7, 11) is 0. The Morgan fingerprint density at radius 2 is 1.86 bits per heavy atom. The molecule has 1 aromatic heterocycles. The third kappa shape index (κ3) is 2.06. The molecule has 0 atom stereocenters. The molecule has 0 aromatic carbocycles. The zero-order valence-electron chi connectivity index (χ0n) is 8.37. The number of hydrogen-bond acceptors (Lipinski definition) is 2. The molecule has 1 fully saturated rings. The molecule has 0 amide bonds. The van der Waals surface area contributed by atoms with Gasteiger partial charge in [-0.3, -0.25) is 0 Å². The van der Waals surface area contributed by atoms with E-state index < -0.39 is 0 Å². The van der Waals surface area contributed by atoms with E-state index in [4.69, 9.17) is 4.42 Å². The largest absolute Gasteiger partial charge is 0.431 e. The molecule has 1 aromatic rings. The Bertz CT molecular complexity index is 332. The first-order valence-corrected chi connectivity index (χ1v) is 5.45. The van der Waals surface area contributed by atoms with Gasteiger partial charge < -0.3 is 4.42 Å². The van der Waals surface area contributed by atoms with Crippen LogP contribution in [0.4, 0.5) is 0 Å². The van der Waals surface area contributed by atoms with Crippen molar-refractivity contribution >= 4 is 0 Å². The van der Waals surface area contributed by atoms with Crippen molar-refractivity contribution in [1.82, 2.24) is 0 Å². The summed E-state index contributed by atoms with van der Waals surface area (Å²) >= 11 is 0. The molecular formula is C12H16O2. The van der Waals surface area contributed by atoms with Crippen LogP contribution >= 0.6 is 0 Å². The summed E-state index contributed by atoms with van der Waals surface area (Å²) in [6.45, 7) is 0. The Balaban J connectivity index is 2.20. The second-order valence-electron chi connectivity index (χ2n) is 4.04. The highest BCUT2D eigenvalue weighted by molar-refractivity contribution is 5.13. The lowest BCUT2D eigenvalue weighted by atomic mass is 9.93. The van der Waals surface area contributed by atoms with E-state index in [0.717, 1.165) is 18.4 Å². The molecule has 0 spiro atoms. The average molecular weight is 192 g/mol. The summed E-state index contributed by atoms with van der Waals surface area (Å²) in [6, 6.07) is 3.74. The van der Waals surface area contributed by atoms with Crippen LogP contribution in [0.25, 0.3) is 0 Å². The van der Waals surface area contributed by atoms with Gasteiger partial charge in [0.25, 0.3) is 0 Å². The molecule has 2 rings (SSSR count). The molecule has 0 aliphatic heterocycles. The lowest BCUT2D eigenvalue weighted by Gasteiger charge is -2.11. The van der Waals surface area contributed by atoms with Crippen LogP contribution in [0.1, 0.15) is 50.0 Å². The Morgan fingerprint density at radius 3 is 2.50 bits per heavy atom. The van der Waals surface area contributed by atoms with E-state index in [-0.39, 0.29) is 5.63 Å². The molecule has 1 aliphatic carbocycles. The van der Waals surface area contributed by atoms with Crippen LogP contribution in [0.2, 0.25) is 0 Å². The normalized spacial score (nSPS) is 19.1. The van der Waals surface area contributed by atoms with Crippen molar-refractivity contribution in [1.29, 1.82) is 0 Å². The molecule has 0 saturated heterocycles. The molecule has 0 N–H and O–H groups in total. The van der Waals surface area contributed by atoms with Crippen molar-refractivity contribution in [2.75, 3.05) is 0 Å². The summed E-state index contributed by atoms with van der Waals surface area (Å²) in [5, 5.41) is 0. The van der Waals surface area contributed by atoms with Crippen LogP contribution in [-0.4, -0.2) is 0 Å². The molecule has 0 bridgehead atoms. The zero-order valence-corrected chi connectivity index (χ0v) is 8.37. The van der Waals surface area contributed by atoms with E-state index in [1.54, 1.807) is 0 Å². The maximum Gasteiger partial charge on any atom is 0.339 e. The maximum atomic E-state index is 11.5. The zero-order chi connectivity index (χ0) is 9.80. The van der Waals surface area contributed by atoms with Gasteiger partial charge in [0.05, 0.1) is 6.26 Å². The highest BCUT2D eigenvalue weighted by atomic mass is 16.4. The van der Waals surface area contributed by atoms with E-state index in [0.29, 0.717) is 5.92 Å². The topological polar surface area (TPSA) is 30.2 Å². The van der Waals surface area contributed by atoms with Gasteiger partial charge in [-0.05, 0) is 30.9 Å². The van der Waals surface area contributed by atoms with Crippen molar-refractivity contribution in [3.8, 4) is 0 Å². The van der Waals surface area contributed by atoms with Crippen LogP contribution in [0.5, 0.6) is 0 Å². The third-order valence-electron chi connectivity index (χ3n) is 3.06. The summed E-state index contributed by atoms with van der Waals surface area (Å²) < 4.78 is 4.90. The van der Waals surface area contributed by atoms with Gasteiger partial charge in [0.1, 0.15) is 0 Å². The first-order valence-electron chi connectivity index (χ1n) is 5.45. The van der Waals surface area contributed by atoms with Gasteiger partial charge in [-0.1, -0.05) is 25.7 Å². The van der Waals surface area contributed by atoms with Crippen LogP contribution in [-0.2, 0) is 0 Å². The van der Waals surface area contributed by atoms with Crippen molar-refractivity contribution < 1.29 is 4.42 Å². The number of hydrogen-bond donors (Lipinski definition) is 0. The summed E-state index contributed by atoms with van der Waals surface area (Å²) in [6.07, 6.45) is 8.88. The fourth-order valence-electron chi connectivity index (χ4n) is 2.27. The standard InChI is InChI=1S/C12H16O2/c13-12-11(8-5-9-14-12)10-6-3-1-2-4-7-10/h5,8-10H,1-4,6-7H2.